The van der Waals surface area contributed by atoms with Crippen molar-refractivity contribution in [2.24, 2.45) is 5.14 Å². The van der Waals surface area contributed by atoms with Crippen molar-refractivity contribution >= 4 is 21.4 Å². The molecule has 0 fully saturated rings. The van der Waals surface area contributed by atoms with E-state index in [4.69, 9.17) is 5.14 Å². The van der Waals surface area contributed by atoms with Crippen LogP contribution in [0.25, 0.3) is 5.69 Å². The summed E-state index contributed by atoms with van der Waals surface area (Å²) in [7, 11) is -3.71. The first-order chi connectivity index (χ1) is 11.9. The summed E-state index contributed by atoms with van der Waals surface area (Å²) in [5.41, 5.74) is 3.65. The highest BCUT2D eigenvalue weighted by atomic mass is 32.2. The monoisotopic (exact) mass is 377 g/mol. The number of rotatable bonds is 6. The summed E-state index contributed by atoms with van der Waals surface area (Å²) in [6, 6.07) is 6.34. The van der Waals surface area contributed by atoms with Crippen molar-refractivity contribution in [2.75, 3.05) is 0 Å². The van der Waals surface area contributed by atoms with E-state index >= 15 is 0 Å². The summed E-state index contributed by atoms with van der Waals surface area (Å²) in [6.45, 7) is 4.00. The lowest BCUT2D eigenvalue weighted by Gasteiger charge is -2.06. The van der Waals surface area contributed by atoms with Gasteiger partial charge in [0.25, 0.3) is 0 Å². The fourth-order valence-corrected chi connectivity index (χ4v) is 3.78. The van der Waals surface area contributed by atoms with E-state index in [1.807, 2.05) is 19.4 Å². The zero-order valence-corrected chi connectivity index (χ0v) is 15.6. The molecule has 3 rings (SSSR count). The summed E-state index contributed by atoms with van der Waals surface area (Å²) in [5.74, 6) is 1.60. The molecule has 0 aliphatic carbocycles. The van der Waals surface area contributed by atoms with Gasteiger partial charge in [-0.2, -0.15) is 5.10 Å². The van der Waals surface area contributed by atoms with Crippen molar-refractivity contribution in [3.8, 4) is 5.69 Å². The number of nitrogens with two attached hydrogens (primary N) is 1. The number of sulfonamides is 1. The molecule has 0 aliphatic rings. The van der Waals surface area contributed by atoms with Gasteiger partial charge in [-0.05, 0) is 37.6 Å². The molecule has 3 aromatic rings. The quantitative estimate of drug-likeness (QED) is 0.708. The minimum absolute atomic E-state index is 0.0777. The van der Waals surface area contributed by atoms with Gasteiger partial charge in [-0.1, -0.05) is 6.92 Å². The van der Waals surface area contributed by atoms with E-state index in [0.29, 0.717) is 0 Å². The van der Waals surface area contributed by atoms with Gasteiger partial charge in [0.2, 0.25) is 10.0 Å². The molecule has 132 valence electrons. The van der Waals surface area contributed by atoms with Gasteiger partial charge in [-0.25, -0.2) is 28.2 Å². The zero-order chi connectivity index (χ0) is 18.0. The first kappa shape index (κ1) is 17.7. The lowest BCUT2D eigenvalue weighted by atomic mass is 10.2. The Morgan fingerprint density at radius 1 is 1.20 bits per heavy atom. The summed E-state index contributed by atoms with van der Waals surface area (Å²) in [5, 5.41) is 9.68. The lowest BCUT2D eigenvalue weighted by Crippen LogP contribution is -2.12. The standard InChI is InChI=1S/C16H19N5O2S2/c1-3-15-19-16(9-8-14-11(2)18-10-24-14)21(20-15)12-4-6-13(7-5-12)25(17,22)23/h4-7,10H,3,8-9H2,1-2H3,(H2,17,22,23). The third kappa shape index (κ3) is 3.94. The molecule has 2 N–H and O–H groups in total. The van der Waals surface area contributed by atoms with Crippen molar-refractivity contribution in [3.63, 3.8) is 0 Å². The van der Waals surface area contributed by atoms with Crippen LogP contribution in [0, 0.1) is 6.92 Å². The van der Waals surface area contributed by atoms with Crippen LogP contribution in [0.4, 0.5) is 0 Å². The molecule has 0 saturated carbocycles. The number of aryl methyl sites for hydroxylation is 4. The maximum Gasteiger partial charge on any atom is 0.238 e. The van der Waals surface area contributed by atoms with Gasteiger partial charge in [0.1, 0.15) is 5.82 Å². The van der Waals surface area contributed by atoms with E-state index in [9.17, 15) is 8.42 Å². The van der Waals surface area contributed by atoms with Gasteiger partial charge in [0, 0.05) is 17.7 Å². The molecule has 2 aromatic heterocycles. The predicted molar refractivity (Wildman–Crippen MR) is 96.4 cm³/mol. The summed E-state index contributed by atoms with van der Waals surface area (Å²) >= 11 is 1.64. The Morgan fingerprint density at radius 2 is 1.92 bits per heavy atom. The number of hydrogen-bond acceptors (Lipinski definition) is 6. The highest BCUT2D eigenvalue weighted by molar-refractivity contribution is 7.89. The molecule has 2 heterocycles. The Kier molecular flexibility index (Phi) is 4.98. The number of hydrogen-bond donors (Lipinski definition) is 1. The lowest BCUT2D eigenvalue weighted by molar-refractivity contribution is 0.597. The van der Waals surface area contributed by atoms with Gasteiger partial charge >= 0.3 is 0 Å². The first-order valence-electron chi connectivity index (χ1n) is 7.85. The molecule has 1 aromatic carbocycles. The molecule has 0 bridgehead atoms. The Labute approximate surface area is 150 Å². The van der Waals surface area contributed by atoms with Gasteiger partial charge in [0.05, 0.1) is 21.8 Å². The fraction of sp³-hybridized carbons (Fsp3) is 0.312. The van der Waals surface area contributed by atoms with Gasteiger partial charge in [0.15, 0.2) is 5.82 Å². The summed E-state index contributed by atoms with van der Waals surface area (Å²) in [4.78, 5) is 10.2. The second-order valence-electron chi connectivity index (χ2n) is 5.61. The number of thiazole rings is 1. The second kappa shape index (κ2) is 7.03. The van der Waals surface area contributed by atoms with E-state index in [1.165, 1.54) is 17.0 Å². The Hall–Kier alpha value is -2.10. The zero-order valence-electron chi connectivity index (χ0n) is 14.0. The first-order valence-corrected chi connectivity index (χ1v) is 10.3. The molecular formula is C16H19N5O2S2. The molecule has 0 radical (unpaired) electrons. The smallest absolute Gasteiger partial charge is 0.238 e. The fourth-order valence-electron chi connectivity index (χ4n) is 2.48. The topological polar surface area (TPSA) is 104 Å². The van der Waals surface area contributed by atoms with Crippen LogP contribution in [0.5, 0.6) is 0 Å². The van der Waals surface area contributed by atoms with Crippen molar-refractivity contribution < 1.29 is 8.42 Å². The Balaban J connectivity index is 1.90. The van der Waals surface area contributed by atoms with Crippen LogP contribution >= 0.6 is 11.3 Å². The maximum atomic E-state index is 11.4. The van der Waals surface area contributed by atoms with E-state index < -0.39 is 10.0 Å². The Bertz CT molecular complexity index is 974. The summed E-state index contributed by atoms with van der Waals surface area (Å²) < 4.78 is 24.6. The van der Waals surface area contributed by atoms with Crippen molar-refractivity contribution in [3.05, 3.63) is 52.0 Å². The van der Waals surface area contributed by atoms with Crippen LogP contribution in [0.2, 0.25) is 0 Å². The molecule has 7 nitrogen and oxygen atoms in total. The van der Waals surface area contributed by atoms with Gasteiger partial charge < -0.3 is 0 Å². The number of aromatic nitrogens is 4. The minimum atomic E-state index is -3.71. The van der Waals surface area contributed by atoms with Gasteiger partial charge in [-0.15, -0.1) is 11.3 Å². The van der Waals surface area contributed by atoms with E-state index in [-0.39, 0.29) is 4.90 Å². The number of primary sulfonamides is 1. The van der Waals surface area contributed by atoms with Crippen LogP contribution in [0.15, 0.2) is 34.7 Å². The molecule has 0 atom stereocenters. The highest BCUT2D eigenvalue weighted by Crippen LogP contribution is 2.18. The van der Waals surface area contributed by atoms with E-state index in [0.717, 1.165) is 42.3 Å². The van der Waals surface area contributed by atoms with Crippen molar-refractivity contribution in [1.29, 1.82) is 0 Å². The minimum Gasteiger partial charge on any atom is -0.250 e. The molecule has 0 unspecified atom stereocenters. The normalized spacial score (nSPS) is 11.8. The van der Waals surface area contributed by atoms with Gasteiger partial charge in [-0.3, -0.25) is 0 Å². The molecule has 25 heavy (non-hydrogen) atoms. The average molecular weight is 377 g/mol. The second-order valence-corrected chi connectivity index (χ2v) is 8.11. The number of nitrogens with zero attached hydrogens (tertiary/aromatic N) is 4. The average Bonchev–Trinajstić information content (AvgIpc) is 3.18. The molecule has 0 amide bonds. The van der Waals surface area contributed by atoms with E-state index in [1.54, 1.807) is 28.2 Å². The molecule has 0 spiro atoms. The highest BCUT2D eigenvalue weighted by Gasteiger charge is 2.14. The maximum absolute atomic E-state index is 11.4. The van der Waals surface area contributed by atoms with Crippen LogP contribution in [0.3, 0.4) is 0 Å². The largest absolute Gasteiger partial charge is 0.250 e. The van der Waals surface area contributed by atoms with Crippen LogP contribution < -0.4 is 5.14 Å². The Morgan fingerprint density at radius 3 is 2.48 bits per heavy atom. The third-order valence-electron chi connectivity index (χ3n) is 3.86. The third-order valence-corrected chi connectivity index (χ3v) is 5.79. The predicted octanol–water partition coefficient (Wildman–Crippen LogP) is 2.03. The van der Waals surface area contributed by atoms with Crippen LogP contribution in [-0.2, 0) is 29.3 Å². The molecule has 9 heteroatoms. The molecular weight excluding hydrogens is 358 g/mol. The number of benzene rings is 1. The SMILES string of the molecule is CCc1nc(CCc2scnc2C)n(-c2ccc(S(N)(=O)=O)cc2)n1. The van der Waals surface area contributed by atoms with E-state index in [2.05, 4.69) is 15.1 Å². The van der Waals surface area contributed by atoms with Crippen molar-refractivity contribution in [2.45, 2.75) is 38.0 Å². The van der Waals surface area contributed by atoms with Crippen LogP contribution in [-0.4, -0.2) is 28.2 Å². The van der Waals surface area contributed by atoms with Crippen LogP contribution in [0.1, 0.15) is 29.1 Å². The molecule has 0 aliphatic heterocycles. The summed E-state index contributed by atoms with van der Waals surface area (Å²) in [6.07, 6.45) is 2.30. The molecule has 0 saturated heterocycles. The van der Waals surface area contributed by atoms with Crippen molar-refractivity contribution in [1.82, 2.24) is 19.7 Å².